The van der Waals surface area contributed by atoms with Crippen LogP contribution in [0.1, 0.15) is 5.76 Å². The molecule has 0 aliphatic heterocycles. The summed E-state index contributed by atoms with van der Waals surface area (Å²) >= 11 is 0. The number of rotatable bonds is 7. The highest BCUT2D eigenvalue weighted by Gasteiger charge is 2.21. The number of sulfonamides is 2. The van der Waals surface area contributed by atoms with E-state index in [9.17, 15) is 25.6 Å². The number of halogens is 2. The highest BCUT2D eigenvalue weighted by molar-refractivity contribution is 7.92. The number of furan rings is 1. The summed E-state index contributed by atoms with van der Waals surface area (Å²) in [6.45, 7) is -0.0974. The minimum atomic E-state index is -4.47. The maximum Gasteiger partial charge on any atom is 0.264 e. The van der Waals surface area contributed by atoms with Gasteiger partial charge in [-0.15, -0.1) is 0 Å². The van der Waals surface area contributed by atoms with Crippen molar-refractivity contribution in [3.63, 3.8) is 0 Å². The molecule has 11 heteroatoms. The van der Waals surface area contributed by atoms with Crippen LogP contribution in [0.2, 0.25) is 0 Å². The molecular formula is C17H14F2N2O5S2. The molecule has 0 spiro atoms. The summed E-state index contributed by atoms with van der Waals surface area (Å²) in [5, 5.41) is 0. The number of hydrogen-bond donors (Lipinski definition) is 2. The van der Waals surface area contributed by atoms with Gasteiger partial charge >= 0.3 is 0 Å². The van der Waals surface area contributed by atoms with Gasteiger partial charge in [0.1, 0.15) is 22.3 Å². The maximum absolute atomic E-state index is 13.8. The summed E-state index contributed by atoms with van der Waals surface area (Å²) < 4.78 is 85.8. The Hall–Kier alpha value is -2.76. The van der Waals surface area contributed by atoms with Crippen molar-refractivity contribution in [3.8, 4) is 0 Å². The highest BCUT2D eigenvalue weighted by atomic mass is 32.2. The Bertz CT molecular complexity index is 1190. The number of anilines is 1. The molecule has 7 nitrogen and oxygen atoms in total. The third-order valence-electron chi connectivity index (χ3n) is 3.60. The van der Waals surface area contributed by atoms with Gasteiger partial charge in [0.15, 0.2) is 0 Å². The Morgan fingerprint density at radius 2 is 1.68 bits per heavy atom. The Morgan fingerprint density at radius 1 is 0.893 bits per heavy atom. The SMILES string of the molecule is O=S(=O)(NCc1ccco1)c1cccc(NS(=O)(=O)c2cc(F)ccc2F)c1. The van der Waals surface area contributed by atoms with Crippen molar-refractivity contribution in [2.45, 2.75) is 16.3 Å². The molecule has 0 bridgehead atoms. The van der Waals surface area contributed by atoms with Gasteiger partial charge in [0.05, 0.1) is 23.4 Å². The fraction of sp³-hybridized carbons (Fsp3) is 0.0588. The Labute approximate surface area is 160 Å². The largest absolute Gasteiger partial charge is 0.468 e. The molecule has 0 atom stereocenters. The lowest BCUT2D eigenvalue weighted by Gasteiger charge is -2.11. The van der Waals surface area contributed by atoms with Crippen LogP contribution < -0.4 is 9.44 Å². The van der Waals surface area contributed by atoms with Crippen molar-refractivity contribution in [3.05, 3.63) is 78.3 Å². The van der Waals surface area contributed by atoms with Crippen LogP contribution >= 0.6 is 0 Å². The predicted molar refractivity (Wildman–Crippen MR) is 96.3 cm³/mol. The molecule has 2 aromatic carbocycles. The summed E-state index contributed by atoms with van der Waals surface area (Å²) in [5.41, 5.74) is -0.135. The fourth-order valence-corrected chi connectivity index (χ4v) is 4.46. The standard InChI is InChI=1S/C17H14F2N2O5S2/c18-12-6-7-16(19)17(9-12)28(24,25)21-13-3-1-5-15(10-13)27(22,23)20-11-14-4-2-8-26-14/h1-10,20-21H,11H2. The lowest BCUT2D eigenvalue weighted by molar-refractivity contribution is 0.498. The van der Waals surface area contributed by atoms with Crippen molar-refractivity contribution >= 4 is 25.7 Å². The van der Waals surface area contributed by atoms with Crippen LogP contribution in [0.25, 0.3) is 0 Å². The normalized spacial score (nSPS) is 12.1. The third-order valence-corrected chi connectivity index (χ3v) is 6.39. The van der Waals surface area contributed by atoms with E-state index in [0.717, 1.165) is 12.1 Å². The van der Waals surface area contributed by atoms with Gasteiger partial charge in [-0.05, 0) is 48.5 Å². The maximum atomic E-state index is 13.8. The van der Waals surface area contributed by atoms with Crippen molar-refractivity contribution in [2.24, 2.45) is 0 Å². The van der Waals surface area contributed by atoms with E-state index >= 15 is 0 Å². The number of benzene rings is 2. The van der Waals surface area contributed by atoms with Crippen LogP contribution in [-0.2, 0) is 26.6 Å². The zero-order chi connectivity index (χ0) is 20.4. The Kier molecular flexibility index (Phi) is 5.49. The molecule has 2 N–H and O–H groups in total. The van der Waals surface area contributed by atoms with E-state index in [1.807, 2.05) is 4.72 Å². The topological polar surface area (TPSA) is 105 Å². The average Bonchev–Trinajstić information content (AvgIpc) is 3.15. The monoisotopic (exact) mass is 428 g/mol. The van der Waals surface area contributed by atoms with Gasteiger partial charge in [0.25, 0.3) is 10.0 Å². The van der Waals surface area contributed by atoms with Crippen LogP contribution in [0.15, 0.2) is 75.1 Å². The molecule has 0 aliphatic carbocycles. The molecule has 0 fully saturated rings. The number of nitrogens with one attached hydrogen (secondary N) is 2. The van der Waals surface area contributed by atoms with Crippen molar-refractivity contribution in [2.75, 3.05) is 4.72 Å². The first-order valence-electron chi connectivity index (χ1n) is 7.77. The van der Waals surface area contributed by atoms with Crippen LogP contribution in [0.4, 0.5) is 14.5 Å². The smallest absolute Gasteiger partial charge is 0.264 e. The second-order valence-corrected chi connectivity index (χ2v) is 9.03. The van der Waals surface area contributed by atoms with E-state index in [1.165, 1.54) is 24.5 Å². The van der Waals surface area contributed by atoms with Gasteiger partial charge in [0.2, 0.25) is 10.0 Å². The molecule has 3 rings (SSSR count). The van der Waals surface area contributed by atoms with Crippen molar-refractivity contribution in [1.82, 2.24) is 4.72 Å². The molecule has 1 heterocycles. The molecule has 0 radical (unpaired) electrons. The molecule has 0 amide bonds. The highest BCUT2D eigenvalue weighted by Crippen LogP contribution is 2.22. The predicted octanol–water partition coefficient (Wildman–Crippen LogP) is 2.84. The Morgan fingerprint density at radius 3 is 2.39 bits per heavy atom. The molecule has 0 aliphatic rings. The molecule has 0 saturated carbocycles. The van der Waals surface area contributed by atoms with E-state index in [4.69, 9.17) is 4.42 Å². The molecule has 3 aromatic rings. The first-order chi connectivity index (χ1) is 13.2. The minimum absolute atomic E-state index is 0.0974. The summed E-state index contributed by atoms with van der Waals surface area (Å²) in [6, 6.07) is 10.1. The van der Waals surface area contributed by atoms with Gasteiger partial charge in [-0.2, -0.15) is 0 Å². The van der Waals surface area contributed by atoms with Gasteiger partial charge < -0.3 is 4.42 Å². The van der Waals surface area contributed by atoms with E-state index < -0.39 is 36.6 Å². The zero-order valence-electron chi connectivity index (χ0n) is 14.1. The fourth-order valence-electron chi connectivity index (χ4n) is 2.28. The molecule has 0 unspecified atom stereocenters. The van der Waals surface area contributed by atoms with Crippen LogP contribution in [0, 0.1) is 11.6 Å². The average molecular weight is 428 g/mol. The summed E-state index contributed by atoms with van der Waals surface area (Å²) in [6.07, 6.45) is 1.39. The Balaban J connectivity index is 1.84. The molecule has 28 heavy (non-hydrogen) atoms. The van der Waals surface area contributed by atoms with E-state index in [0.29, 0.717) is 17.9 Å². The third kappa shape index (κ3) is 4.55. The number of hydrogen-bond acceptors (Lipinski definition) is 5. The van der Waals surface area contributed by atoms with Crippen LogP contribution in [0.3, 0.4) is 0 Å². The van der Waals surface area contributed by atoms with Gasteiger partial charge in [0, 0.05) is 0 Å². The molecule has 0 saturated heterocycles. The second kappa shape index (κ2) is 7.70. The summed E-state index contributed by atoms with van der Waals surface area (Å²) in [5.74, 6) is -1.68. The van der Waals surface area contributed by atoms with E-state index in [-0.39, 0.29) is 17.1 Å². The zero-order valence-corrected chi connectivity index (χ0v) is 15.7. The quantitative estimate of drug-likeness (QED) is 0.602. The van der Waals surface area contributed by atoms with Gasteiger partial charge in [-0.3, -0.25) is 4.72 Å². The van der Waals surface area contributed by atoms with Gasteiger partial charge in [-0.25, -0.2) is 30.3 Å². The lowest BCUT2D eigenvalue weighted by atomic mass is 10.3. The van der Waals surface area contributed by atoms with Crippen molar-refractivity contribution in [1.29, 1.82) is 0 Å². The van der Waals surface area contributed by atoms with Crippen molar-refractivity contribution < 1.29 is 30.0 Å². The van der Waals surface area contributed by atoms with E-state index in [2.05, 4.69) is 4.72 Å². The van der Waals surface area contributed by atoms with Crippen LogP contribution in [-0.4, -0.2) is 16.8 Å². The molecule has 148 valence electrons. The van der Waals surface area contributed by atoms with Crippen LogP contribution in [0.5, 0.6) is 0 Å². The lowest BCUT2D eigenvalue weighted by Crippen LogP contribution is -2.23. The van der Waals surface area contributed by atoms with E-state index in [1.54, 1.807) is 12.1 Å². The summed E-state index contributed by atoms with van der Waals surface area (Å²) in [7, 11) is -8.44. The van der Waals surface area contributed by atoms with Gasteiger partial charge in [-0.1, -0.05) is 6.07 Å². The molecule has 1 aromatic heterocycles. The second-order valence-electron chi connectivity index (χ2n) is 5.61. The summed E-state index contributed by atoms with van der Waals surface area (Å²) in [4.78, 5) is -1.12. The first-order valence-corrected chi connectivity index (χ1v) is 10.7. The minimum Gasteiger partial charge on any atom is -0.468 e. The molecular weight excluding hydrogens is 414 g/mol. The first kappa shape index (κ1) is 20.0.